The number of fused-ring (bicyclic) bond motifs is 1. The summed E-state index contributed by atoms with van der Waals surface area (Å²) in [6.07, 6.45) is 0.920. The van der Waals surface area contributed by atoms with Crippen LogP contribution in [-0.4, -0.2) is 30.7 Å². The van der Waals surface area contributed by atoms with Crippen molar-refractivity contribution in [2.75, 3.05) is 6.61 Å². The van der Waals surface area contributed by atoms with Crippen LogP contribution < -0.4 is 9.61 Å². The van der Waals surface area contributed by atoms with Crippen molar-refractivity contribution in [2.24, 2.45) is 0 Å². The molecule has 0 aliphatic carbocycles. The van der Waals surface area contributed by atoms with Crippen molar-refractivity contribution in [1.29, 1.82) is 0 Å². The van der Waals surface area contributed by atoms with E-state index in [1.165, 1.54) is 37.3 Å². The minimum absolute atomic E-state index is 0.0134. The Morgan fingerprint density at radius 2 is 1.83 bits per heavy atom. The third kappa shape index (κ3) is 6.19. The summed E-state index contributed by atoms with van der Waals surface area (Å²) in [5.41, 5.74) is -4.68. The smallest absolute Gasteiger partial charge is 0.390 e. The molecule has 0 radical (unpaired) electrons. The van der Waals surface area contributed by atoms with Crippen LogP contribution in [0.5, 0.6) is 5.75 Å². The zero-order chi connectivity index (χ0) is 26.5. The van der Waals surface area contributed by atoms with Gasteiger partial charge in [0.15, 0.2) is 0 Å². The van der Waals surface area contributed by atoms with Gasteiger partial charge in [0.05, 0.1) is 6.10 Å². The van der Waals surface area contributed by atoms with E-state index in [0.717, 1.165) is 23.5 Å². The molecule has 3 aromatic rings. The first-order valence-corrected chi connectivity index (χ1v) is 13.4. The number of para-hydroxylation sites is 1. The molecule has 0 saturated carbocycles. The lowest BCUT2D eigenvalue weighted by Gasteiger charge is -2.30. The number of hydrogen-bond acceptors (Lipinski definition) is 7. The molecule has 1 N–H and O–H groups in total. The van der Waals surface area contributed by atoms with Gasteiger partial charge < -0.3 is 14.0 Å². The molecule has 7 nitrogen and oxygen atoms in total. The van der Waals surface area contributed by atoms with E-state index in [2.05, 4.69) is 11.7 Å². The van der Waals surface area contributed by atoms with Gasteiger partial charge in [-0.1, -0.05) is 36.9 Å². The van der Waals surface area contributed by atoms with Gasteiger partial charge in [-0.05, 0) is 56.5 Å². The number of ether oxygens (including phenoxy) is 2. The van der Waals surface area contributed by atoms with E-state index in [4.69, 9.17) is 14.0 Å². The van der Waals surface area contributed by atoms with E-state index in [0.29, 0.717) is 10.1 Å². The number of halogens is 2. The molecule has 0 aliphatic rings. The van der Waals surface area contributed by atoms with Crippen molar-refractivity contribution < 1.29 is 36.9 Å². The number of benzene rings is 2. The summed E-state index contributed by atoms with van der Waals surface area (Å²) in [5, 5.41) is 2.54. The predicted octanol–water partition coefficient (Wildman–Crippen LogP) is 6.50. The first kappa shape index (κ1) is 27.5. The van der Waals surface area contributed by atoms with E-state index in [9.17, 15) is 14.2 Å². The molecule has 0 saturated heterocycles. The highest BCUT2D eigenvalue weighted by molar-refractivity contribution is 7.58. The van der Waals surface area contributed by atoms with Crippen LogP contribution >= 0.6 is 18.9 Å². The van der Waals surface area contributed by atoms with E-state index in [-0.39, 0.29) is 17.2 Å². The summed E-state index contributed by atoms with van der Waals surface area (Å²) in [6.45, 7) is 7.97. The lowest BCUT2D eigenvalue weighted by Crippen LogP contribution is -2.39. The summed E-state index contributed by atoms with van der Waals surface area (Å²) < 4.78 is 61.6. The van der Waals surface area contributed by atoms with E-state index in [1.807, 2.05) is 0 Å². The SMILES string of the molecule is C=CCOC(=O)c1cc2cc(C(F)(F)P(=O)(N[C@@H](C)C(=O)OC(C)C)Oc3ccccc3)ccc2s1. The first-order chi connectivity index (χ1) is 17.0. The quantitative estimate of drug-likeness (QED) is 0.170. The Hall–Kier alpha value is -3.07. The van der Waals surface area contributed by atoms with Gasteiger partial charge in [0, 0.05) is 10.3 Å². The molecule has 2 atom stereocenters. The molecule has 2 aromatic carbocycles. The van der Waals surface area contributed by atoms with Gasteiger partial charge in [-0.3, -0.25) is 9.36 Å². The highest BCUT2D eigenvalue weighted by atomic mass is 32.1. The highest BCUT2D eigenvalue weighted by Gasteiger charge is 2.56. The van der Waals surface area contributed by atoms with Crippen molar-refractivity contribution >= 4 is 40.9 Å². The number of carbonyl (C=O) groups is 2. The molecule has 1 aromatic heterocycles. The largest absolute Gasteiger partial charge is 0.462 e. The second-order valence-corrected chi connectivity index (χ2v) is 11.3. The molecule has 3 rings (SSSR count). The maximum atomic E-state index is 15.9. The number of nitrogens with one attached hydrogen (secondary N) is 1. The van der Waals surface area contributed by atoms with Crippen molar-refractivity contribution in [1.82, 2.24) is 5.09 Å². The zero-order valence-corrected chi connectivity index (χ0v) is 21.6. The number of esters is 2. The van der Waals surface area contributed by atoms with Gasteiger partial charge in [-0.15, -0.1) is 11.3 Å². The Bertz CT molecular complexity index is 1290. The van der Waals surface area contributed by atoms with Crippen LogP contribution in [0.3, 0.4) is 0 Å². The molecule has 0 aliphatic heterocycles. The molecular formula is C25H26F2NO6PS. The first-order valence-electron chi connectivity index (χ1n) is 11.0. The fourth-order valence-electron chi connectivity index (χ4n) is 3.14. The molecule has 0 fully saturated rings. The molecule has 0 spiro atoms. The Morgan fingerprint density at radius 1 is 1.14 bits per heavy atom. The molecule has 1 heterocycles. The van der Waals surface area contributed by atoms with E-state index in [1.54, 1.807) is 32.0 Å². The molecule has 0 bridgehead atoms. The Kier molecular flexibility index (Phi) is 8.66. The van der Waals surface area contributed by atoms with Crippen LogP contribution in [0, 0.1) is 0 Å². The predicted molar refractivity (Wildman–Crippen MR) is 135 cm³/mol. The van der Waals surface area contributed by atoms with Gasteiger partial charge in [-0.25, -0.2) is 9.88 Å². The second-order valence-electron chi connectivity index (χ2n) is 8.08. The molecule has 1 unspecified atom stereocenters. The van der Waals surface area contributed by atoms with Crippen LogP contribution in [0.2, 0.25) is 0 Å². The van der Waals surface area contributed by atoms with E-state index >= 15 is 8.78 Å². The Balaban J connectivity index is 2.00. The third-order valence-corrected chi connectivity index (χ3v) is 8.10. The monoisotopic (exact) mass is 537 g/mol. The lowest BCUT2D eigenvalue weighted by molar-refractivity contribution is -0.149. The number of rotatable bonds is 11. The number of thiophene rings is 1. The van der Waals surface area contributed by atoms with Crippen molar-refractivity contribution in [3.05, 3.63) is 77.7 Å². The van der Waals surface area contributed by atoms with Crippen molar-refractivity contribution in [2.45, 2.75) is 38.6 Å². The maximum absolute atomic E-state index is 15.9. The number of alkyl halides is 2. The van der Waals surface area contributed by atoms with Crippen LogP contribution in [-0.2, 0) is 24.5 Å². The average molecular weight is 538 g/mol. The Labute approximate surface area is 211 Å². The third-order valence-electron chi connectivity index (χ3n) is 4.81. The summed E-state index contributed by atoms with van der Waals surface area (Å²) in [5.74, 6) is -1.53. The normalized spacial score (nSPS) is 14.2. The highest BCUT2D eigenvalue weighted by Crippen LogP contribution is 2.63. The average Bonchev–Trinajstić information content (AvgIpc) is 3.26. The lowest BCUT2D eigenvalue weighted by atomic mass is 10.1. The summed E-state index contributed by atoms with van der Waals surface area (Å²) in [7, 11) is -5.11. The fraction of sp³-hybridized carbons (Fsp3) is 0.280. The summed E-state index contributed by atoms with van der Waals surface area (Å²) in [6, 6.07) is 11.2. The van der Waals surface area contributed by atoms with Crippen LogP contribution in [0.15, 0.2) is 67.3 Å². The molecular weight excluding hydrogens is 511 g/mol. The Morgan fingerprint density at radius 3 is 2.47 bits per heavy atom. The minimum atomic E-state index is -5.11. The van der Waals surface area contributed by atoms with Crippen LogP contribution in [0.4, 0.5) is 8.78 Å². The van der Waals surface area contributed by atoms with Crippen molar-refractivity contribution in [3.63, 3.8) is 0 Å². The van der Waals surface area contributed by atoms with Gasteiger partial charge in [-0.2, -0.15) is 8.78 Å². The van der Waals surface area contributed by atoms with Gasteiger partial charge in [0.25, 0.3) is 0 Å². The van der Waals surface area contributed by atoms with Gasteiger partial charge >= 0.3 is 25.1 Å². The van der Waals surface area contributed by atoms with Crippen LogP contribution in [0.25, 0.3) is 10.1 Å². The standard InChI is InChI=1S/C25H26F2NO6PS/c1-5-13-32-24(30)22-15-18-14-19(11-12-21(18)36-22)25(26,27)35(31,34-20-9-7-6-8-10-20)28-17(4)23(29)33-16(2)3/h5-12,14-17H,1,13H2,2-4H3,(H,28,31)/t17-,35?/m0/s1. The molecule has 36 heavy (non-hydrogen) atoms. The topological polar surface area (TPSA) is 90.9 Å². The molecule has 192 valence electrons. The number of carbonyl (C=O) groups excluding carboxylic acids is 2. The second kappa shape index (κ2) is 11.3. The summed E-state index contributed by atoms with van der Waals surface area (Å²) in [4.78, 5) is 24.7. The molecule has 0 amide bonds. The maximum Gasteiger partial charge on any atom is 0.390 e. The van der Waals surface area contributed by atoms with E-state index < -0.39 is 42.8 Å². The molecule has 11 heteroatoms. The number of hydrogen-bond donors (Lipinski definition) is 1. The summed E-state index contributed by atoms with van der Waals surface area (Å²) >= 11 is 1.07. The fourth-order valence-corrected chi connectivity index (χ4v) is 5.92. The van der Waals surface area contributed by atoms with Gasteiger partial charge in [0.1, 0.15) is 23.3 Å². The van der Waals surface area contributed by atoms with Gasteiger partial charge in [0.2, 0.25) is 0 Å². The van der Waals surface area contributed by atoms with Crippen molar-refractivity contribution in [3.8, 4) is 5.75 Å². The minimum Gasteiger partial charge on any atom is -0.462 e. The zero-order valence-electron chi connectivity index (χ0n) is 19.9. The van der Waals surface area contributed by atoms with Crippen LogP contribution in [0.1, 0.15) is 36.0 Å².